The highest BCUT2D eigenvalue weighted by atomic mass is 32.2. The number of unbranched alkanes of at least 4 members (excludes halogenated alkanes) is 1. The maximum atomic E-state index is 10.4. The molecule has 1 heterocycles. The minimum Gasteiger partial charge on any atom is -0.481 e. The zero-order valence-electron chi connectivity index (χ0n) is 12.6. The van der Waals surface area contributed by atoms with Gasteiger partial charge in [-0.25, -0.2) is 0 Å². The molecule has 0 bridgehead atoms. The first-order valence-corrected chi connectivity index (χ1v) is 8.91. The fourth-order valence-corrected chi connectivity index (χ4v) is 4.05. The number of hydrogen-bond acceptors (Lipinski definition) is 3. The first-order valence-electron chi connectivity index (χ1n) is 7.76. The van der Waals surface area contributed by atoms with Crippen molar-refractivity contribution in [3.63, 3.8) is 0 Å². The molecule has 0 aliphatic carbocycles. The van der Waals surface area contributed by atoms with Gasteiger partial charge in [0.05, 0.1) is 0 Å². The molecule has 20 heavy (non-hydrogen) atoms. The lowest BCUT2D eigenvalue weighted by atomic mass is 9.90. The van der Waals surface area contributed by atoms with E-state index >= 15 is 0 Å². The number of allylic oxidation sites excluding steroid dienone is 2. The fourth-order valence-electron chi connectivity index (χ4n) is 2.46. The van der Waals surface area contributed by atoms with E-state index < -0.39 is 5.97 Å². The smallest absolute Gasteiger partial charge is 0.303 e. The molecule has 1 N–H and O–H groups in total. The van der Waals surface area contributed by atoms with Gasteiger partial charge < -0.3 is 9.84 Å². The average molecular weight is 300 g/mol. The van der Waals surface area contributed by atoms with E-state index in [1.807, 2.05) is 0 Å². The molecule has 0 aromatic rings. The van der Waals surface area contributed by atoms with Crippen LogP contribution in [0.4, 0.5) is 0 Å². The largest absolute Gasteiger partial charge is 0.481 e. The first-order chi connectivity index (χ1) is 9.74. The molecule has 1 saturated heterocycles. The van der Waals surface area contributed by atoms with Gasteiger partial charge in [0.1, 0.15) is 0 Å². The standard InChI is InChI=1S/C16H28O3S/c1-2-10-19-11-9-15-13-20-12-14(15)7-5-3-4-6-8-16(17)18/h3,5,14-15H,2,4,6-13H2,1H3,(H,17,18)/t14-,15+/m0/s1. The highest BCUT2D eigenvalue weighted by Crippen LogP contribution is 2.34. The van der Waals surface area contributed by atoms with Crippen molar-refractivity contribution in [2.75, 3.05) is 24.7 Å². The Kier molecular flexibility index (Phi) is 9.85. The summed E-state index contributed by atoms with van der Waals surface area (Å²) in [5.41, 5.74) is 0. The van der Waals surface area contributed by atoms with Crippen LogP contribution in [0.25, 0.3) is 0 Å². The summed E-state index contributed by atoms with van der Waals surface area (Å²) in [5.74, 6) is 3.41. The Hall–Kier alpha value is -0.480. The van der Waals surface area contributed by atoms with Crippen LogP contribution in [0.1, 0.15) is 45.4 Å². The molecule has 1 fully saturated rings. The van der Waals surface area contributed by atoms with Crippen LogP contribution in [0.2, 0.25) is 0 Å². The predicted octanol–water partition coefficient (Wildman–Crippen LogP) is 3.98. The van der Waals surface area contributed by atoms with E-state index in [9.17, 15) is 4.79 Å². The van der Waals surface area contributed by atoms with Crippen LogP contribution >= 0.6 is 11.8 Å². The van der Waals surface area contributed by atoms with Crippen LogP contribution in [0.15, 0.2) is 12.2 Å². The Labute approximate surface area is 127 Å². The third kappa shape index (κ3) is 7.95. The van der Waals surface area contributed by atoms with E-state index in [1.54, 1.807) is 0 Å². The van der Waals surface area contributed by atoms with Gasteiger partial charge in [0.2, 0.25) is 0 Å². The minimum atomic E-state index is -0.697. The molecule has 1 aliphatic rings. The van der Waals surface area contributed by atoms with Crippen molar-refractivity contribution in [1.29, 1.82) is 0 Å². The van der Waals surface area contributed by atoms with Gasteiger partial charge in [-0.1, -0.05) is 19.1 Å². The monoisotopic (exact) mass is 300 g/mol. The van der Waals surface area contributed by atoms with E-state index in [-0.39, 0.29) is 6.42 Å². The number of carboxylic acid groups (broad SMARTS) is 1. The lowest BCUT2D eigenvalue weighted by molar-refractivity contribution is -0.137. The van der Waals surface area contributed by atoms with Crippen molar-refractivity contribution in [2.45, 2.75) is 45.4 Å². The summed E-state index contributed by atoms with van der Waals surface area (Å²) in [6.07, 6.45) is 9.73. The van der Waals surface area contributed by atoms with Crippen LogP contribution in [-0.4, -0.2) is 35.8 Å². The molecule has 0 spiro atoms. The van der Waals surface area contributed by atoms with Gasteiger partial charge in [0.25, 0.3) is 0 Å². The number of carbonyl (C=O) groups is 1. The molecule has 0 saturated carbocycles. The van der Waals surface area contributed by atoms with Crippen LogP contribution in [0.5, 0.6) is 0 Å². The van der Waals surface area contributed by atoms with E-state index in [0.29, 0.717) is 0 Å². The average Bonchev–Trinajstić information content (AvgIpc) is 2.86. The summed E-state index contributed by atoms with van der Waals surface area (Å²) in [7, 11) is 0. The van der Waals surface area contributed by atoms with Gasteiger partial charge in [-0.05, 0) is 55.4 Å². The summed E-state index contributed by atoms with van der Waals surface area (Å²) >= 11 is 2.06. The molecule has 0 radical (unpaired) electrons. The van der Waals surface area contributed by atoms with Crippen molar-refractivity contribution < 1.29 is 14.6 Å². The lowest BCUT2D eigenvalue weighted by Gasteiger charge is -2.17. The van der Waals surface area contributed by atoms with Gasteiger partial charge in [-0.2, -0.15) is 11.8 Å². The molecule has 2 atom stereocenters. The summed E-state index contributed by atoms with van der Waals surface area (Å²) < 4.78 is 5.59. The Morgan fingerprint density at radius 3 is 2.85 bits per heavy atom. The van der Waals surface area contributed by atoms with Crippen molar-refractivity contribution in [1.82, 2.24) is 0 Å². The van der Waals surface area contributed by atoms with Crippen LogP contribution < -0.4 is 0 Å². The van der Waals surface area contributed by atoms with Gasteiger partial charge in [0.15, 0.2) is 0 Å². The van der Waals surface area contributed by atoms with E-state index in [1.165, 1.54) is 17.9 Å². The van der Waals surface area contributed by atoms with Crippen LogP contribution in [0.3, 0.4) is 0 Å². The van der Waals surface area contributed by atoms with Gasteiger partial charge in [-0.3, -0.25) is 4.79 Å². The molecular formula is C16H28O3S. The van der Waals surface area contributed by atoms with Crippen molar-refractivity contribution >= 4 is 17.7 Å². The van der Waals surface area contributed by atoms with Crippen molar-refractivity contribution in [3.8, 4) is 0 Å². The summed E-state index contributed by atoms with van der Waals surface area (Å²) in [5, 5.41) is 8.56. The number of thioether (sulfide) groups is 1. The number of rotatable bonds is 11. The van der Waals surface area contributed by atoms with E-state index in [4.69, 9.17) is 9.84 Å². The van der Waals surface area contributed by atoms with Crippen molar-refractivity contribution in [2.24, 2.45) is 11.8 Å². The SMILES string of the molecule is CCCOCC[C@@H]1CSC[C@@H]1CC=CCCCC(=O)O. The Morgan fingerprint density at radius 1 is 1.30 bits per heavy atom. The topological polar surface area (TPSA) is 46.5 Å². The van der Waals surface area contributed by atoms with Crippen molar-refractivity contribution in [3.05, 3.63) is 12.2 Å². The summed E-state index contributed by atoms with van der Waals surface area (Å²) in [4.78, 5) is 10.4. The summed E-state index contributed by atoms with van der Waals surface area (Å²) in [6.45, 7) is 3.93. The highest BCUT2D eigenvalue weighted by Gasteiger charge is 2.26. The fraction of sp³-hybridized carbons (Fsp3) is 0.812. The second-order valence-electron chi connectivity index (χ2n) is 5.45. The van der Waals surface area contributed by atoms with E-state index in [0.717, 1.165) is 50.7 Å². The zero-order valence-corrected chi connectivity index (χ0v) is 13.4. The molecule has 1 rings (SSSR count). The molecule has 3 nitrogen and oxygen atoms in total. The third-order valence-electron chi connectivity index (χ3n) is 3.68. The van der Waals surface area contributed by atoms with Gasteiger partial charge in [-0.15, -0.1) is 0 Å². The first kappa shape index (κ1) is 17.6. The molecule has 0 unspecified atom stereocenters. The number of aliphatic carboxylic acids is 1. The lowest BCUT2D eigenvalue weighted by Crippen LogP contribution is -2.14. The van der Waals surface area contributed by atoms with Crippen LogP contribution in [-0.2, 0) is 9.53 Å². The Bertz CT molecular complexity index is 291. The highest BCUT2D eigenvalue weighted by molar-refractivity contribution is 7.99. The summed E-state index contributed by atoms with van der Waals surface area (Å²) in [6, 6.07) is 0. The molecular weight excluding hydrogens is 272 g/mol. The normalized spacial score (nSPS) is 22.6. The molecule has 1 aliphatic heterocycles. The Morgan fingerprint density at radius 2 is 2.10 bits per heavy atom. The molecule has 0 aromatic carbocycles. The second-order valence-corrected chi connectivity index (χ2v) is 6.53. The maximum Gasteiger partial charge on any atom is 0.303 e. The second kappa shape index (κ2) is 11.2. The maximum absolute atomic E-state index is 10.4. The molecule has 4 heteroatoms. The molecule has 0 amide bonds. The van der Waals surface area contributed by atoms with Crippen LogP contribution in [0, 0.1) is 11.8 Å². The number of hydrogen-bond donors (Lipinski definition) is 1. The van der Waals surface area contributed by atoms with Gasteiger partial charge >= 0.3 is 5.97 Å². The molecule has 0 aromatic heterocycles. The minimum absolute atomic E-state index is 0.279. The van der Waals surface area contributed by atoms with E-state index in [2.05, 4.69) is 30.8 Å². The van der Waals surface area contributed by atoms with Gasteiger partial charge in [0, 0.05) is 19.6 Å². The third-order valence-corrected chi connectivity index (χ3v) is 5.01. The Balaban J connectivity index is 2.11. The number of ether oxygens (including phenoxy) is 1. The predicted molar refractivity (Wildman–Crippen MR) is 85.3 cm³/mol. The number of carboxylic acids is 1. The zero-order chi connectivity index (χ0) is 14.6. The quantitative estimate of drug-likeness (QED) is 0.463. The molecule has 116 valence electrons.